The van der Waals surface area contributed by atoms with Crippen molar-refractivity contribution in [1.82, 2.24) is 4.98 Å². The number of carboxylic acid groups (broad SMARTS) is 1. The van der Waals surface area contributed by atoms with Crippen LogP contribution in [-0.2, 0) is 0 Å². The van der Waals surface area contributed by atoms with Crippen LogP contribution in [0.25, 0.3) is 0 Å². The Morgan fingerprint density at radius 3 is 2.68 bits per heavy atom. The Morgan fingerprint density at radius 2 is 2.05 bits per heavy atom. The number of benzene rings is 1. The van der Waals surface area contributed by atoms with E-state index >= 15 is 0 Å². The summed E-state index contributed by atoms with van der Waals surface area (Å²) in [5.41, 5.74) is -0.0691. The average Bonchev–Trinajstić information content (AvgIpc) is 2.34. The Hall–Kier alpha value is -1.30. The highest BCUT2D eigenvalue weighted by atomic mass is 79.9. The molecular weight excluding hydrogens is 357 g/mol. The molecule has 0 spiro atoms. The third-order valence-electron chi connectivity index (χ3n) is 2.15. The first-order chi connectivity index (χ1) is 8.97. The normalized spacial score (nSPS) is 10.3. The number of rotatable bonds is 3. The van der Waals surface area contributed by atoms with Gasteiger partial charge in [-0.05, 0) is 40.2 Å². The van der Waals surface area contributed by atoms with E-state index in [1.54, 1.807) is 12.1 Å². The molecule has 0 aliphatic heterocycles. The summed E-state index contributed by atoms with van der Waals surface area (Å²) in [6.07, 6.45) is 1.44. The van der Waals surface area contributed by atoms with E-state index in [-0.39, 0.29) is 22.2 Å². The minimum absolute atomic E-state index is 0.0417. The predicted octanol–water partition coefficient (Wildman–Crippen LogP) is 4.64. The first kappa shape index (κ1) is 14.1. The van der Waals surface area contributed by atoms with Crippen molar-refractivity contribution in [3.05, 3.63) is 50.5 Å². The number of halogens is 3. The first-order valence-electron chi connectivity index (χ1n) is 4.99. The van der Waals surface area contributed by atoms with Gasteiger partial charge in [-0.2, -0.15) is 0 Å². The molecule has 4 nitrogen and oxygen atoms in total. The van der Waals surface area contributed by atoms with Crippen molar-refractivity contribution in [2.45, 2.75) is 0 Å². The summed E-state index contributed by atoms with van der Waals surface area (Å²) in [6, 6.07) is 6.02. The zero-order valence-electron chi connectivity index (χ0n) is 9.23. The molecule has 0 bridgehead atoms. The van der Waals surface area contributed by atoms with Gasteiger partial charge in [0.2, 0.25) is 5.88 Å². The van der Waals surface area contributed by atoms with Crippen LogP contribution in [0.4, 0.5) is 0 Å². The summed E-state index contributed by atoms with van der Waals surface area (Å²) in [7, 11) is 0. The SMILES string of the molecule is O=C(O)c1cc(Br)cnc1Oc1ccc(Cl)cc1Cl. The predicted molar refractivity (Wildman–Crippen MR) is 75.4 cm³/mol. The van der Waals surface area contributed by atoms with Gasteiger partial charge in [0.25, 0.3) is 0 Å². The second kappa shape index (κ2) is 5.77. The molecule has 0 saturated heterocycles. The smallest absolute Gasteiger partial charge is 0.341 e. The summed E-state index contributed by atoms with van der Waals surface area (Å²) in [5.74, 6) is -0.905. The van der Waals surface area contributed by atoms with Crippen molar-refractivity contribution in [3.63, 3.8) is 0 Å². The van der Waals surface area contributed by atoms with Crippen LogP contribution in [0.3, 0.4) is 0 Å². The maximum absolute atomic E-state index is 11.1. The van der Waals surface area contributed by atoms with Crippen LogP contribution in [-0.4, -0.2) is 16.1 Å². The number of ether oxygens (including phenoxy) is 1. The zero-order valence-corrected chi connectivity index (χ0v) is 12.3. The first-order valence-corrected chi connectivity index (χ1v) is 6.54. The van der Waals surface area contributed by atoms with Gasteiger partial charge < -0.3 is 9.84 Å². The molecule has 0 aliphatic rings. The second-order valence-electron chi connectivity index (χ2n) is 3.49. The highest BCUT2D eigenvalue weighted by Gasteiger charge is 2.15. The van der Waals surface area contributed by atoms with Crippen LogP contribution < -0.4 is 4.74 Å². The molecule has 2 rings (SSSR count). The maximum atomic E-state index is 11.1. The van der Waals surface area contributed by atoms with E-state index in [1.165, 1.54) is 18.3 Å². The van der Waals surface area contributed by atoms with Crippen molar-refractivity contribution >= 4 is 45.1 Å². The Kier molecular flexibility index (Phi) is 4.29. The molecule has 98 valence electrons. The highest BCUT2D eigenvalue weighted by Crippen LogP contribution is 2.32. The van der Waals surface area contributed by atoms with E-state index in [0.717, 1.165) is 0 Å². The Labute approximate surface area is 127 Å². The van der Waals surface area contributed by atoms with E-state index < -0.39 is 5.97 Å². The largest absolute Gasteiger partial charge is 0.477 e. The van der Waals surface area contributed by atoms with Crippen LogP contribution in [0.2, 0.25) is 10.0 Å². The van der Waals surface area contributed by atoms with E-state index in [1.807, 2.05) is 0 Å². The van der Waals surface area contributed by atoms with Crippen molar-refractivity contribution in [2.75, 3.05) is 0 Å². The van der Waals surface area contributed by atoms with Gasteiger partial charge in [0.1, 0.15) is 11.3 Å². The molecule has 0 aliphatic carbocycles. The molecule has 0 saturated carbocycles. The zero-order chi connectivity index (χ0) is 14.0. The number of pyridine rings is 1. The monoisotopic (exact) mass is 361 g/mol. The molecule has 7 heteroatoms. The maximum Gasteiger partial charge on any atom is 0.341 e. The molecule has 2 aromatic rings. The number of carboxylic acids is 1. The van der Waals surface area contributed by atoms with Gasteiger partial charge >= 0.3 is 5.97 Å². The number of nitrogens with zero attached hydrogens (tertiary/aromatic N) is 1. The molecule has 0 atom stereocenters. The van der Waals surface area contributed by atoms with Crippen LogP contribution in [0.15, 0.2) is 34.9 Å². The Balaban J connectivity index is 2.40. The minimum Gasteiger partial charge on any atom is -0.477 e. The molecule has 0 amide bonds. The third kappa shape index (κ3) is 3.37. The summed E-state index contributed by atoms with van der Waals surface area (Å²) < 4.78 is 5.95. The topological polar surface area (TPSA) is 59.4 Å². The van der Waals surface area contributed by atoms with Crippen molar-refractivity contribution < 1.29 is 14.6 Å². The van der Waals surface area contributed by atoms with Gasteiger partial charge in [-0.1, -0.05) is 23.2 Å². The number of carbonyl (C=O) groups is 1. The number of aromatic nitrogens is 1. The second-order valence-corrected chi connectivity index (χ2v) is 5.25. The number of hydrogen-bond donors (Lipinski definition) is 1. The van der Waals surface area contributed by atoms with Crippen molar-refractivity contribution in [1.29, 1.82) is 0 Å². The highest BCUT2D eigenvalue weighted by molar-refractivity contribution is 9.10. The minimum atomic E-state index is -1.14. The molecule has 1 N–H and O–H groups in total. The van der Waals surface area contributed by atoms with E-state index in [4.69, 9.17) is 33.0 Å². The van der Waals surface area contributed by atoms with Gasteiger partial charge in [-0.15, -0.1) is 0 Å². The molecule has 1 aromatic carbocycles. The van der Waals surface area contributed by atoms with Gasteiger partial charge in [0.15, 0.2) is 0 Å². The van der Waals surface area contributed by atoms with Crippen LogP contribution in [0, 0.1) is 0 Å². The van der Waals surface area contributed by atoms with Gasteiger partial charge in [-0.3, -0.25) is 0 Å². The standard InChI is InChI=1S/C12H6BrCl2NO3/c13-6-3-8(12(17)18)11(16-5-6)19-10-2-1-7(14)4-9(10)15/h1-5H,(H,17,18). The molecule has 19 heavy (non-hydrogen) atoms. The van der Waals surface area contributed by atoms with Crippen molar-refractivity contribution in [2.24, 2.45) is 0 Å². The quantitative estimate of drug-likeness (QED) is 0.863. The number of aromatic carboxylic acids is 1. The summed E-state index contributed by atoms with van der Waals surface area (Å²) in [6.45, 7) is 0. The molecule has 1 heterocycles. The lowest BCUT2D eigenvalue weighted by atomic mass is 10.3. The van der Waals surface area contributed by atoms with E-state index in [2.05, 4.69) is 20.9 Å². The van der Waals surface area contributed by atoms with Crippen LogP contribution in [0.5, 0.6) is 11.6 Å². The summed E-state index contributed by atoms with van der Waals surface area (Å²) in [5, 5.41) is 9.82. The fourth-order valence-corrected chi connectivity index (χ4v) is 2.10. The van der Waals surface area contributed by atoms with Crippen LogP contribution in [0.1, 0.15) is 10.4 Å². The van der Waals surface area contributed by atoms with Crippen LogP contribution >= 0.6 is 39.1 Å². The fourth-order valence-electron chi connectivity index (χ4n) is 1.32. The Morgan fingerprint density at radius 1 is 1.32 bits per heavy atom. The molecule has 0 fully saturated rings. The summed E-state index contributed by atoms with van der Waals surface area (Å²) >= 11 is 14.9. The summed E-state index contributed by atoms with van der Waals surface area (Å²) in [4.78, 5) is 15.0. The lowest BCUT2D eigenvalue weighted by molar-refractivity contribution is 0.0693. The molecular formula is C12H6BrCl2NO3. The lowest BCUT2D eigenvalue weighted by Crippen LogP contribution is -2.02. The van der Waals surface area contributed by atoms with Gasteiger partial charge in [0.05, 0.1) is 5.02 Å². The Bertz CT molecular complexity index is 649. The van der Waals surface area contributed by atoms with Gasteiger partial charge in [0, 0.05) is 15.7 Å². The molecule has 1 aromatic heterocycles. The average molecular weight is 363 g/mol. The van der Waals surface area contributed by atoms with Gasteiger partial charge in [-0.25, -0.2) is 9.78 Å². The molecule has 0 unspecified atom stereocenters. The molecule has 0 radical (unpaired) electrons. The number of hydrogen-bond acceptors (Lipinski definition) is 3. The third-order valence-corrected chi connectivity index (χ3v) is 3.11. The fraction of sp³-hybridized carbons (Fsp3) is 0. The van der Waals surface area contributed by atoms with E-state index in [0.29, 0.717) is 9.50 Å². The lowest BCUT2D eigenvalue weighted by Gasteiger charge is -2.09. The van der Waals surface area contributed by atoms with E-state index in [9.17, 15) is 4.79 Å². The van der Waals surface area contributed by atoms with Crippen molar-refractivity contribution in [3.8, 4) is 11.6 Å².